The molecule has 1 aromatic heterocycles. The highest BCUT2D eigenvalue weighted by Crippen LogP contribution is 2.22. The van der Waals surface area contributed by atoms with Crippen molar-refractivity contribution < 1.29 is 9.53 Å². The molecule has 2 aliphatic heterocycles. The van der Waals surface area contributed by atoms with Crippen molar-refractivity contribution in [1.29, 1.82) is 0 Å². The summed E-state index contributed by atoms with van der Waals surface area (Å²) >= 11 is 0. The lowest BCUT2D eigenvalue weighted by Crippen LogP contribution is -2.51. The molecule has 2 aliphatic rings. The zero-order valence-corrected chi connectivity index (χ0v) is 22.8. The van der Waals surface area contributed by atoms with Crippen LogP contribution < -0.4 is 15.4 Å². The molecule has 7 nitrogen and oxygen atoms in total. The number of carbonyl (C=O) groups excluding carboxylic acids is 1. The summed E-state index contributed by atoms with van der Waals surface area (Å²) in [4.78, 5) is 21.6. The number of amides is 1. The van der Waals surface area contributed by atoms with Crippen LogP contribution in [-0.2, 0) is 17.8 Å². The number of likely N-dealkylation sites (tertiary alicyclic amines) is 2. The van der Waals surface area contributed by atoms with Crippen LogP contribution in [-0.4, -0.2) is 79.2 Å². The zero-order chi connectivity index (χ0) is 26.2. The second kappa shape index (κ2) is 13.3. The maximum atomic E-state index is 13.2. The van der Waals surface area contributed by atoms with Crippen molar-refractivity contribution in [3.05, 3.63) is 65.9 Å². The van der Waals surface area contributed by atoms with Gasteiger partial charge in [0.15, 0.2) is 0 Å². The zero-order valence-electron chi connectivity index (χ0n) is 22.8. The van der Waals surface area contributed by atoms with Gasteiger partial charge in [0.05, 0.1) is 13.7 Å². The monoisotopic (exact) mass is 517 g/mol. The van der Waals surface area contributed by atoms with E-state index in [0.717, 1.165) is 36.3 Å². The number of nitrogens with one attached hydrogen (secondary N) is 3. The van der Waals surface area contributed by atoms with Crippen LogP contribution in [0.25, 0.3) is 10.9 Å². The van der Waals surface area contributed by atoms with E-state index >= 15 is 0 Å². The smallest absolute Gasteiger partial charge is 0.234 e. The van der Waals surface area contributed by atoms with Gasteiger partial charge in [0.2, 0.25) is 5.91 Å². The summed E-state index contributed by atoms with van der Waals surface area (Å²) in [6.45, 7) is 6.37. The van der Waals surface area contributed by atoms with Crippen LogP contribution >= 0.6 is 0 Å². The number of hydrogen-bond acceptors (Lipinski definition) is 5. The van der Waals surface area contributed by atoms with E-state index in [1.54, 1.807) is 7.11 Å². The number of methoxy groups -OCH3 is 1. The molecule has 3 aromatic rings. The van der Waals surface area contributed by atoms with Gasteiger partial charge in [-0.25, -0.2) is 0 Å². The molecular formula is C31H43N5O2. The van der Waals surface area contributed by atoms with E-state index in [4.69, 9.17) is 4.74 Å². The molecular weight excluding hydrogens is 474 g/mol. The third kappa shape index (κ3) is 6.95. The molecule has 38 heavy (non-hydrogen) atoms. The Morgan fingerprint density at radius 1 is 1.00 bits per heavy atom. The van der Waals surface area contributed by atoms with Crippen LogP contribution in [0.3, 0.4) is 0 Å². The number of aromatic amines is 1. The number of aromatic nitrogens is 1. The average Bonchev–Trinajstić information content (AvgIpc) is 3.37. The van der Waals surface area contributed by atoms with E-state index in [1.165, 1.54) is 56.1 Å². The Kier molecular flexibility index (Phi) is 9.33. The van der Waals surface area contributed by atoms with Gasteiger partial charge >= 0.3 is 0 Å². The van der Waals surface area contributed by atoms with Gasteiger partial charge in [-0.15, -0.1) is 0 Å². The highest BCUT2D eigenvalue weighted by molar-refractivity contribution is 5.83. The Morgan fingerprint density at radius 2 is 1.76 bits per heavy atom. The molecule has 0 aliphatic carbocycles. The minimum Gasteiger partial charge on any atom is -0.496 e. The van der Waals surface area contributed by atoms with Crippen molar-refractivity contribution in [1.82, 2.24) is 25.4 Å². The summed E-state index contributed by atoms with van der Waals surface area (Å²) in [5.74, 6) is 0.996. The number of rotatable bonds is 11. The number of para-hydroxylation sites is 2. The largest absolute Gasteiger partial charge is 0.496 e. The number of piperidine rings is 2. The first-order chi connectivity index (χ1) is 18.7. The molecule has 0 saturated carbocycles. The predicted molar refractivity (Wildman–Crippen MR) is 154 cm³/mol. The molecule has 7 heteroatoms. The molecule has 0 radical (unpaired) electrons. The Morgan fingerprint density at radius 3 is 2.58 bits per heavy atom. The first-order valence-corrected chi connectivity index (χ1v) is 14.3. The predicted octanol–water partition coefficient (Wildman–Crippen LogP) is 3.94. The van der Waals surface area contributed by atoms with Crippen molar-refractivity contribution in [3.63, 3.8) is 0 Å². The third-order valence-electron chi connectivity index (χ3n) is 8.24. The van der Waals surface area contributed by atoms with Gasteiger partial charge in [0, 0.05) is 60.9 Å². The summed E-state index contributed by atoms with van der Waals surface area (Å²) in [7, 11) is 1.70. The molecule has 0 spiro atoms. The number of H-pyrrole nitrogens is 1. The second-order valence-electron chi connectivity index (χ2n) is 10.9. The van der Waals surface area contributed by atoms with Gasteiger partial charge in [-0.05, 0) is 62.9 Å². The Hall–Kier alpha value is -2.87. The molecule has 2 aromatic carbocycles. The van der Waals surface area contributed by atoms with E-state index in [9.17, 15) is 4.79 Å². The van der Waals surface area contributed by atoms with Crippen molar-refractivity contribution in [2.24, 2.45) is 0 Å². The lowest BCUT2D eigenvalue weighted by Gasteiger charge is -2.40. The van der Waals surface area contributed by atoms with Gasteiger partial charge in [0.25, 0.3) is 0 Å². The fraction of sp³-hybridized carbons (Fsp3) is 0.516. The van der Waals surface area contributed by atoms with Crippen LogP contribution in [0.1, 0.15) is 43.2 Å². The normalized spacial score (nSPS) is 18.4. The number of fused-ring (bicyclic) bond motifs is 1. The summed E-state index contributed by atoms with van der Waals surface area (Å²) in [6, 6.07) is 17.1. The van der Waals surface area contributed by atoms with E-state index < -0.39 is 0 Å². The van der Waals surface area contributed by atoms with Gasteiger partial charge in [-0.2, -0.15) is 0 Å². The van der Waals surface area contributed by atoms with Gasteiger partial charge < -0.3 is 25.3 Å². The lowest BCUT2D eigenvalue weighted by atomic mass is 10.00. The van der Waals surface area contributed by atoms with Crippen LogP contribution in [0, 0.1) is 0 Å². The number of benzene rings is 2. The average molecular weight is 518 g/mol. The van der Waals surface area contributed by atoms with Crippen molar-refractivity contribution >= 4 is 16.8 Å². The standard InChI is InChI=1S/C31H43N5O2/c1-38-30-12-6-3-9-24(30)20-32-22-26(19-25-21-33-29-11-5-4-10-28(25)29)34-31(37)23-35-17-13-27(14-18-35)36-15-7-2-8-16-36/h3-6,9-12,21,26-27,32-33H,2,7-8,13-20,22-23H2,1H3,(H,34,37)/t26-/m1/s1. The molecule has 1 atom stereocenters. The van der Waals surface area contributed by atoms with Crippen molar-refractivity contribution in [3.8, 4) is 5.75 Å². The molecule has 0 unspecified atom stereocenters. The van der Waals surface area contributed by atoms with E-state index in [0.29, 0.717) is 25.7 Å². The van der Waals surface area contributed by atoms with E-state index in [1.807, 2.05) is 24.3 Å². The Labute approximate surface area is 226 Å². The summed E-state index contributed by atoms with van der Waals surface area (Å²) < 4.78 is 5.51. The molecule has 3 heterocycles. The second-order valence-corrected chi connectivity index (χ2v) is 10.9. The number of ether oxygens (including phenoxy) is 1. The number of hydrogen-bond donors (Lipinski definition) is 3. The van der Waals surface area contributed by atoms with Crippen molar-refractivity contribution in [2.45, 2.75) is 57.2 Å². The molecule has 3 N–H and O–H groups in total. The minimum absolute atomic E-state index is 0.0118. The van der Waals surface area contributed by atoms with Crippen molar-refractivity contribution in [2.75, 3.05) is 46.4 Å². The molecule has 1 amide bonds. The quantitative estimate of drug-likeness (QED) is 0.359. The van der Waals surface area contributed by atoms with E-state index in [2.05, 4.69) is 55.9 Å². The lowest BCUT2D eigenvalue weighted by molar-refractivity contribution is -0.123. The van der Waals surface area contributed by atoms with Gasteiger partial charge in [-0.1, -0.05) is 42.8 Å². The fourth-order valence-electron chi connectivity index (χ4n) is 6.17. The highest BCUT2D eigenvalue weighted by Gasteiger charge is 2.27. The van der Waals surface area contributed by atoms with E-state index in [-0.39, 0.29) is 11.9 Å². The molecule has 2 fully saturated rings. The maximum Gasteiger partial charge on any atom is 0.234 e. The van der Waals surface area contributed by atoms with Crippen LogP contribution in [0.5, 0.6) is 5.75 Å². The maximum absolute atomic E-state index is 13.2. The first kappa shape index (κ1) is 26.7. The molecule has 5 rings (SSSR count). The van der Waals surface area contributed by atoms with Gasteiger partial charge in [-0.3, -0.25) is 9.69 Å². The Bertz CT molecular complexity index is 1160. The number of nitrogens with zero attached hydrogens (tertiary/aromatic N) is 2. The topological polar surface area (TPSA) is 72.6 Å². The van der Waals surface area contributed by atoms with Gasteiger partial charge in [0.1, 0.15) is 5.75 Å². The Balaban J connectivity index is 1.17. The molecule has 0 bridgehead atoms. The molecule has 2 saturated heterocycles. The summed E-state index contributed by atoms with van der Waals surface area (Å²) in [5, 5.41) is 8.14. The minimum atomic E-state index is -0.0118. The van der Waals surface area contributed by atoms with Crippen LogP contribution in [0.15, 0.2) is 54.7 Å². The first-order valence-electron chi connectivity index (χ1n) is 14.3. The van der Waals surface area contributed by atoms with Crippen LogP contribution in [0.4, 0.5) is 0 Å². The third-order valence-corrected chi connectivity index (χ3v) is 8.24. The molecule has 204 valence electrons. The van der Waals surface area contributed by atoms with Crippen LogP contribution in [0.2, 0.25) is 0 Å². The SMILES string of the molecule is COc1ccccc1CNC[C@@H](Cc1c[nH]c2ccccc12)NC(=O)CN1CCC(N2CCCCC2)CC1. The highest BCUT2D eigenvalue weighted by atomic mass is 16.5. The summed E-state index contributed by atoms with van der Waals surface area (Å²) in [5.41, 5.74) is 3.47. The summed E-state index contributed by atoms with van der Waals surface area (Å²) in [6.07, 6.45) is 9.25. The number of carbonyl (C=O) groups is 1. The fourth-order valence-corrected chi connectivity index (χ4v) is 6.17.